The third kappa shape index (κ3) is 9.83. The van der Waals surface area contributed by atoms with E-state index in [4.69, 9.17) is 4.74 Å². The van der Waals surface area contributed by atoms with Gasteiger partial charge in [-0.25, -0.2) is 0 Å². The highest BCUT2D eigenvalue weighted by Crippen LogP contribution is 2.32. The summed E-state index contributed by atoms with van der Waals surface area (Å²) in [5.74, 6) is -0.424. The Balaban J connectivity index is 2.76. The predicted octanol–water partition coefficient (Wildman–Crippen LogP) is 7.27. The number of carbonyl (C=O) groups is 1. The van der Waals surface area contributed by atoms with E-state index in [0.717, 1.165) is 43.4 Å². The van der Waals surface area contributed by atoms with E-state index >= 15 is 0 Å². The number of benzene rings is 1. The number of esters is 1. The molecular formula is C22H33F3O2. The fourth-order valence-corrected chi connectivity index (χ4v) is 3.09. The Morgan fingerprint density at radius 1 is 0.963 bits per heavy atom. The van der Waals surface area contributed by atoms with Crippen molar-refractivity contribution >= 4 is 5.97 Å². The highest BCUT2D eigenvalue weighted by molar-refractivity contribution is 5.71. The fraction of sp³-hybridized carbons (Fsp3) is 0.682. The summed E-state index contributed by atoms with van der Waals surface area (Å²) in [6.07, 6.45) is 3.41. The molecule has 0 spiro atoms. The van der Waals surface area contributed by atoms with E-state index < -0.39 is 17.3 Å². The van der Waals surface area contributed by atoms with Crippen LogP contribution in [0, 0.1) is 0 Å². The summed E-state index contributed by atoms with van der Waals surface area (Å²) in [6.45, 7) is 7.60. The molecule has 0 amide bonds. The smallest absolute Gasteiger partial charge is 0.416 e. The third-order valence-corrected chi connectivity index (χ3v) is 4.45. The number of alkyl halides is 3. The number of ether oxygens (including phenoxy) is 1. The molecular weight excluding hydrogens is 353 g/mol. The van der Waals surface area contributed by atoms with E-state index in [1.54, 1.807) is 0 Å². The summed E-state index contributed by atoms with van der Waals surface area (Å²) < 4.78 is 43.8. The molecule has 1 unspecified atom stereocenters. The van der Waals surface area contributed by atoms with Gasteiger partial charge in [0.2, 0.25) is 0 Å². The first-order valence-electron chi connectivity index (χ1n) is 9.92. The van der Waals surface area contributed by atoms with E-state index in [0.29, 0.717) is 0 Å². The van der Waals surface area contributed by atoms with Crippen molar-refractivity contribution in [1.82, 2.24) is 0 Å². The van der Waals surface area contributed by atoms with Gasteiger partial charge in [-0.15, -0.1) is 0 Å². The first-order chi connectivity index (χ1) is 12.5. The standard InChI is InChI=1S/C22H33F3O2/c1-5-6-7-8-9-10-11-18(16-20(26)27-21(2,3)4)17-12-14-19(15-13-17)22(23,24)25/h12-15,18H,5-11,16H2,1-4H3. The van der Waals surface area contributed by atoms with E-state index in [1.165, 1.54) is 31.4 Å². The maximum atomic E-state index is 12.8. The van der Waals surface area contributed by atoms with Crippen molar-refractivity contribution in [2.45, 2.75) is 96.8 Å². The Morgan fingerprint density at radius 3 is 2.04 bits per heavy atom. The molecule has 0 radical (unpaired) electrons. The van der Waals surface area contributed by atoms with Gasteiger partial charge in [0.25, 0.3) is 0 Å². The molecule has 0 aromatic heterocycles. The first kappa shape index (κ1) is 23.5. The molecule has 1 rings (SSSR count). The maximum absolute atomic E-state index is 12.8. The number of hydrogen-bond acceptors (Lipinski definition) is 2. The van der Waals surface area contributed by atoms with Gasteiger partial charge in [-0.3, -0.25) is 4.79 Å². The number of hydrogen-bond donors (Lipinski definition) is 0. The predicted molar refractivity (Wildman–Crippen MR) is 103 cm³/mol. The van der Waals surface area contributed by atoms with Crippen molar-refractivity contribution in [2.75, 3.05) is 0 Å². The van der Waals surface area contributed by atoms with Gasteiger partial charge < -0.3 is 4.74 Å². The second-order valence-corrected chi connectivity index (χ2v) is 8.16. The first-order valence-corrected chi connectivity index (χ1v) is 9.92. The molecule has 0 saturated heterocycles. The van der Waals surface area contributed by atoms with Crippen molar-refractivity contribution in [3.63, 3.8) is 0 Å². The highest BCUT2D eigenvalue weighted by Gasteiger charge is 2.30. The molecule has 0 bridgehead atoms. The monoisotopic (exact) mass is 386 g/mol. The maximum Gasteiger partial charge on any atom is 0.416 e. The van der Waals surface area contributed by atoms with Crippen LogP contribution in [0.15, 0.2) is 24.3 Å². The quantitative estimate of drug-likeness (QED) is 0.312. The normalized spacial score (nSPS) is 13.4. The highest BCUT2D eigenvalue weighted by atomic mass is 19.4. The molecule has 0 aliphatic heterocycles. The van der Waals surface area contributed by atoms with Gasteiger partial charge in [0.05, 0.1) is 12.0 Å². The van der Waals surface area contributed by atoms with Crippen molar-refractivity contribution in [3.8, 4) is 0 Å². The molecule has 0 heterocycles. The second kappa shape index (κ2) is 10.7. The number of halogens is 3. The lowest BCUT2D eigenvalue weighted by molar-refractivity contribution is -0.155. The zero-order valence-corrected chi connectivity index (χ0v) is 17.0. The van der Waals surface area contributed by atoms with Gasteiger partial charge in [-0.2, -0.15) is 13.2 Å². The van der Waals surface area contributed by atoms with E-state index in [9.17, 15) is 18.0 Å². The molecule has 2 nitrogen and oxygen atoms in total. The van der Waals surface area contributed by atoms with Crippen molar-refractivity contribution in [3.05, 3.63) is 35.4 Å². The van der Waals surface area contributed by atoms with Crippen molar-refractivity contribution in [2.24, 2.45) is 0 Å². The Labute approximate surface area is 161 Å². The van der Waals surface area contributed by atoms with Crippen LogP contribution in [0.4, 0.5) is 13.2 Å². The van der Waals surface area contributed by atoms with Crippen LogP contribution >= 0.6 is 0 Å². The van der Waals surface area contributed by atoms with Gasteiger partial charge in [0, 0.05) is 0 Å². The molecule has 27 heavy (non-hydrogen) atoms. The van der Waals surface area contributed by atoms with Crippen LogP contribution < -0.4 is 0 Å². The third-order valence-electron chi connectivity index (χ3n) is 4.45. The number of carbonyl (C=O) groups excluding carboxylic acids is 1. The summed E-state index contributed by atoms with van der Waals surface area (Å²) >= 11 is 0. The van der Waals surface area contributed by atoms with Crippen LogP contribution in [0.3, 0.4) is 0 Å². The minimum Gasteiger partial charge on any atom is -0.460 e. The van der Waals surface area contributed by atoms with E-state index in [2.05, 4.69) is 6.92 Å². The zero-order chi connectivity index (χ0) is 20.5. The molecule has 1 atom stereocenters. The number of rotatable bonds is 10. The Hall–Kier alpha value is -1.52. The molecule has 1 aromatic carbocycles. The summed E-state index contributed by atoms with van der Waals surface area (Å²) in [4.78, 5) is 12.2. The molecule has 5 heteroatoms. The van der Waals surface area contributed by atoms with Crippen LogP contribution in [0.25, 0.3) is 0 Å². The van der Waals surface area contributed by atoms with Gasteiger partial charge in [-0.05, 0) is 50.8 Å². The van der Waals surface area contributed by atoms with Crippen LogP contribution in [-0.4, -0.2) is 11.6 Å². The van der Waals surface area contributed by atoms with Gasteiger partial charge in [-0.1, -0.05) is 57.6 Å². The lowest BCUT2D eigenvalue weighted by atomic mass is 9.89. The fourth-order valence-electron chi connectivity index (χ4n) is 3.09. The molecule has 0 fully saturated rings. The summed E-state index contributed by atoms with van der Waals surface area (Å²) in [5.41, 5.74) is -0.466. The van der Waals surface area contributed by atoms with Gasteiger partial charge in [0.15, 0.2) is 0 Å². The minimum atomic E-state index is -4.35. The molecule has 0 saturated carbocycles. The summed E-state index contributed by atoms with van der Waals surface area (Å²) in [6, 6.07) is 5.18. The van der Waals surface area contributed by atoms with Crippen LogP contribution in [0.2, 0.25) is 0 Å². The lowest BCUT2D eigenvalue weighted by Crippen LogP contribution is -2.25. The summed E-state index contributed by atoms with van der Waals surface area (Å²) in [5, 5.41) is 0. The molecule has 0 aliphatic carbocycles. The Bertz CT molecular complexity index is 556. The van der Waals surface area contributed by atoms with Crippen LogP contribution in [0.5, 0.6) is 0 Å². The minimum absolute atomic E-state index is 0.117. The largest absolute Gasteiger partial charge is 0.460 e. The van der Waals surface area contributed by atoms with Crippen LogP contribution in [-0.2, 0) is 15.7 Å². The molecule has 154 valence electrons. The van der Waals surface area contributed by atoms with Crippen LogP contribution in [0.1, 0.15) is 96.1 Å². The van der Waals surface area contributed by atoms with E-state index in [-0.39, 0.29) is 18.3 Å². The van der Waals surface area contributed by atoms with Crippen molar-refractivity contribution < 1.29 is 22.7 Å². The average molecular weight is 386 g/mol. The zero-order valence-electron chi connectivity index (χ0n) is 17.0. The Kier molecular flexibility index (Phi) is 9.34. The van der Waals surface area contributed by atoms with E-state index in [1.807, 2.05) is 20.8 Å². The van der Waals surface area contributed by atoms with Crippen molar-refractivity contribution in [1.29, 1.82) is 0 Å². The lowest BCUT2D eigenvalue weighted by Gasteiger charge is -2.23. The molecule has 0 aliphatic rings. The average Bonchev–Trinajstić information content (AvgIpc) is 2.54. The SMILES string of the molecule is CCCCCCCCC(CC(=O)OC(C)(C)C)c1ccc(C(F)(F)F)cc1. The number of unbranched alkanes of at least 4 members (excludes halogenated alkanes) is 5. The molecule has 0 N–H and O–H groups in total. The Morgan fingerprint density at radius 2 is 1.52 bits per heavy atom. The second-order valence-electron chi connectivity index (χ2n) is 8.16. The molecule has 1 aromatic rings. The summed E-state index contributed by atoms with van der Waals surface area (Å²) in [7, 11) is 0. The van der Waals surface area contributed by atoms with Gasteiger partial charge in [0.1, 0.15) is 5.60 Å². The topological polar surface area (TPSA) is 26.3 Å². The van der Waals surface area contributed by atoms with Gasteiger partial charge >= 0.3 is 12.1 Å².